The zero-order valence-electron chi connectivity index (χ0n) is 17.8. The summed E-state index contributed by atoms with van der Waals surface area (Å²) in [6.07, 6.45) is 12.4. The molecule has 1 aliphatic heterocycles. The van der Waals surface area contributed by atoms with Crippen molar-refractivity contribution in [3.05, 3.63) is 84.1 Å². The molecule has 3 heterocycles. The minimum absolute atomic E-state index is 0.878. The number of likely N-dealkylation sites (tertiary alicyclic amines) is 1. The van der Waals surface area contributed by atoms with E-state index in [1.165, 1.54) is 25.9 Å². The molecule has 2 aromatic heterocycles. The van der Waals surface area contributed by atoms with Crippen molar-refractivity contribution < 1.29 is 0 Å². The molecule has 1 aliphatic rings. The fourth-order valence-corrected chi connectivity index (χ4v) is 3.60. The van der Waals surface area contributed by atoms with E-state index in [0.29, 0.717) is 0 Å². The molecular formula is C24H31N5. The van der Waals surface area contributed by atoms with E-state index in [2.05, 4.69) is 58.6 Å². The molecule has 0 radical (unpaired) electrons. The first-order chi connectivity index (χ1) is 13.9. The molecule has 0 aromatic carbocycles. The Labute approximate surface area is 174 Å². The first-order valence-corrected chi connectivity index (χ1v) is 10.1. The van der Waals surface area contributed by atoms with Crippen molar-refractivity contribution in [1.82, 2.24) is 25.0 Å². The zero-order valence-corrected chi connectivity index (χ0v) is 17.8. The van der Waals surface area contributed by atoms with Crippen molar-refractivity contribution in [3.63, 3.8) is 0 Å². The number of rotatable bonds is 8. The summed E-state index contributed by atoms with van der Waals surface area (Å²) in [7, 11) is 1.91. The molecule has 1 N–H and O–H groups in total. The maximum Gasteiger partial charge on any atom is 0.0567 e. The second-order valence-corrected chi connectivity index (χ2v) is 7.77. The Morgan fingerprint density at radius 2 is 1.93 bits per heavy atom. The van der Waals surface area contributed by atoms with Crippen LogP contribution in [-0.4, -0.2) is 32.8 Å². The Bertz CT molecular complexity index is 942. The van der Waals surface area contributed by atoms with Crippen LogP contribution in [0, 0.1) is 0 Å². The lowest BCUT2D eigenvalue weighted by Crippen LogP contribution is -2.19. The van der Waals surface area contributed by atoms with Gasteiger partial charge in [-0.1, -0.05) is 19.2 Å². The number of aryl methyl sites for hydroxylation is 1. The van der Waals surface area contributed by atoms with E-state index in [0.717, 1.165) is 45.9 Å². The van der Waals surface area contributed by atoms with Gasteiger partial charge in [0, 0.05) is 48.5 Å². The van der Waals surface area contributed by atoms with Gasteiger partial charge in [-0.05, 0) is 69.1 Å². The zero-order chi connectivity index (χ0) is 20.8. The summed E-state index contributed by atoms with van der Waals surface area (Å²) in [6, 6.07) is 4.14. The van der Waals surface area contributed by atoms with Gasteiger partial charge in [-0.2, -0.15) is 5.10 Å². The molecule has 3 rings (SSSR count). The Morgan fingerprint density at radius 1 is 1.17 bits per heavy atom. The van der Waals surface area contributed by atoms with E-state index < -0.39 is 0 Å². The highest BCUT2D eigenvalue weighted by Gasteiger charge is 2.12. The third kappa shape index (κ3) is 6.03. The number of allylic oxidation sites excluding steroid dienone is 5. The normalized spacial score (nSPS) is 15.6. The fourth-order valence-electron chi connectivity index (χ4n) is 3.60. The van der Waals surface area contributed by atoms with Crippen LogP contribution < -0.4 is 5.32 Å². The summed E-state index contributed by atoms with van der Waals surface area (Å²) >= 11 is 0. The maximum atomic E-state index is 4.53. The van der Waals surface area contributed by atoms with Crippen molar-refractivity contribution in [1.29, 1.82) is 0 Å². The largest absolute Gasteiger partial charge is 0.359 e. The molecule has 2 aromatic rings. The van der Waals surface area contributed by atoms with Gasteiger partial charge >= 0.3 is 0 Å². The molecule has 0 saturated carbocycles. The first-order valence-electron chi connectivity index (χ1n) is 10.1. The van der Waals surface area contributed by atoms with Gasteiger partial charge in [-0.25, -0.2) is 0 Å². The molecule has 5 nitrogen and oxygen atoms in total. The van der Waals surface area contributed by atoms with Crippen molar-refractivity contribution in [2.24, 2.45) is 7.05 Å². The SMILES string of the molecule is C=C(/C=C(C)/C=C(\C)NC(=C)c1ccnc(CN2CCCC2)c1)c1cnn(C)c1. The number of hydrogen-bond acceptors (Lipinski definition) is 4. The Kier molecular flexibility index (Phi) is 6.83. The minimum Gasteiger partial charge on any atom is -0.359 e. The summed E-state index contributed by atoms with van der Waals surface area (Å²) in [5, 5.41) is 7.60. The van der Waals surface area contributed by atoms with Gasteiger partial charge in [0.05, 0.1) is 11.9 Å². The highest BCUT2D eigenvalue weighted by atomic mass is 15.2. The van der Waals surface area contributed by atoms with Crippen LogP contribution in [0.1, 0.15) is 43.5 Å². The van der Waals surface area contributed by atoms with Crippen molar-refractivity contribution in [3.8, 4) is 0 Å². The number of hydrogen-bond donors (Lipinski definition) is 1. The fraction of sp³-hybridized carbons (Fsp3) is 0.333. The predicted octanol–water partition coefficient (Wildman–Crippen LogP) is 4.53. The summed E-state index contributed by atoms with van der Waals surface area (Å²) in [6.45, 7) is 15.7. The molecule has 0 amide bonds. The van der Waals surface area contributed by atoms with Crippen LogP contribution in [0.4, 0.5) is 0 Å². The third-order valence-electron chi connectivity index (χ3n) is 5.02. The topological polar surface area (TPSA) is 46.0 Å². The van der Waals surface area contributed by atoms with Crippen molar-refractivity contribution >= 4 is 11.3 Å². The highest BCUT2D eigenvalue weighted by Crippen LogP contribution is 2.18. The van der Waals surface area contributed by atoms with Crippen LogP contribution in [0.15, 0.2) is 67.3 Å². The van der Waals surface area contributed by atoms with Crippen LogP contribution in [0.5, 0.6) is 0 Å². The molecule has 0 bridgehead atoms. The number of aromatic nitrogens is 3. The Hall–Kier alpha value is -2.92. The van der Waals surface area contributed by atoms with Crippen LogP contribution in [-0.2, 0) is 13.6 Å². The van der Waals surface area contributed by atoms with Gasteiger partial charge in [0.25, 0.3) is 0 Å². The lowest BCUT2D eigenvalue weighted by Gasteiger charge is -2.15. The smallest absolute Gasteiger partial charge is 0.0567 e. The monoisotopic (exact) mass is 389 g/mol. The molecule has 152 valence electrons. The third-order valence-corrected chi connectivity index (χ3v) is 5.02. The van der Waals surface area contributed by atoms with E-state index in [9.17, 15) is 0 Å². The van der Waals surface area contributed by atoms with E-state index in [-0.39, 0.29) is 0 Å². The first kappa shape index (κ1) is 20.8. The molecule has 5 heteroatoms. The second-order valence-electron chi connectivity index (χ2n) is 7.77. The maximum absolute atomic E-state index is 4.53. The van der Waals surface area contributed by atoms with E-state index >= 15 is 0 Å². The number of pyridine rings is 1. The molecule has 0 spiro atoms. The molecule has 29 heavy (non-hydrogen) atoms. The summed E-state index contributed by atoms with van der Waals surface area (Å²) < 4.78 is 1.78. The van der Waals surface area contributed by atoms with Gasteiger partial charge in [0.2, 0.25) is 0 Å². The molecule has 0 atom stereocenters. The van der Waals surface area contributed by atoms with Gasteiger partial charge in [0.15, 0.2) is 0 Å². The lowest BCUT2D eigenvalue weighted by atomic mass is 10.1. The van der Waals surface area contributed by atoms with Crippen LogP contribution in [0.25, 0.3) is 11.3 Å². The molecule has 0 unspecified atom stereocenters. The molecular weight excluding hydrogens is 358 g/mol. The predicted molar refractivity (Wildman–Crippen MR) is 121 cm³/mol. The Balaban J connectivity index is 1.61. The molecule has 1 saturated heterocycles. The van der Waals surface area contributed by atoms with Gasteiger partial charge in [-0.15, -0.1) is 0 Å². The quantitative estimate of drug-likeness (QED) is 0.674. The van der Waals surface area contributed by atoms with Crippen LogP contribution in [0.3, 0.4) is 0 Å². The number of nitrogens with zero attached hydrogens (tertiary/aromatic N) is 4. The lowest BCUT2D eigenvalue weighted by molar-refractivity contribution is 0.327. The van der Waals surface area contributed by atoms with E-state index in [1.54, 1.807) is 4.68 Å². The summed E-state index contributed by atoms with van der Waals surface area (Å²) in [5.41, 5.74) is 7.15. The second kappa shape index (κ2) is 9.52. The standard InChI is InChI=1S/C24H31N5/c1-18(12-19(2)23-15-26-28(5)16-23)13-20(3)27-21(4)22-8-9-25-24(14-22)17-29-10-6-7-11-29/h8-9,12-16,27H,2,4,6-7,10-11,17H2,1,3,5H3/b18-12+,20-13+. The summed E-state index contributed by atoms with van der Waals surface area (Å²) in [4.78, 5) is 6.98. The Morgan fingerprint density at radius 3 is 2.62 bits per heavy atom. The highest BCUT2D eigenvalue weighted by molar-refractivity contribution is 5.72. The average Bonchev–Trinajstić information content (AvgIpc) is 3.33. The van der Waals surface area contributed by atoms with Crippen molar-refractivity contribution in [2.45, 2.75) is 33.2 Å². The van der Waals surface area contributed by atoms with E-state index in [1.807, 2.05) is 38.6 Å². The van der Waals surface area contributed by atoms with Gasteiger partial charge in [0.1, 0.15) is 0 Å². The molecule has 1 fully saturated rings. The molecule has 0 aliphatic carbocycles. The van der Waals surface area contributed by atoms with Crippen LogP contribution >= 0.6 is 0 Å². The van der Waals surface area contributed by atoms with Gasteiger partial charge < -0.3 is 5.32 Å². The average molecular weight is 390 g/mol. The van der Waals surface area contributed by atoms with Crippen LogP contribution in [0.2, 0.25) is 0 Å². The summed E-state index contributed by atoms with van der Waals surface area (Å²) in [5.74, 6) is 0. The minimum atomic E-state index is 0.878. The number of nitrogens with one attached hydrogen (secondary N) is 1. The van der Waals surface area contributed by atoms with Gasteiger partial charge in [-0.3, -0.25) is 14.6 Å². The van der Waals surface area contributed by atoms with E-state index in [4.69, 9.17) is 0 Å². The van der Waals surface area contributed by atoms with Crippen molar-refractivity contribution in [2.75, 3.05) is 13.1 Å².